The topological polar surface area (TPSA) is 52.8 Å². The summed E-state index contributed by atoms with van der Waals surface area (Å²) in [6.45, 7) is 8.41. The van der Waals surface area contributed by atoms with Gasteiger partial charge in [-0.1, -0.05) is 29.0 Å². The maximum atomic E-state index is 12.6. The van der Waals surface area contributed by atoms with Crippen molar-refractivity contribution in [2.75, 3.05) is 19.8 Å². The van der Waals surface area contributed by atoms with Crippen molar-refractivity contribution in [1.29, 1.82) is 0 Å². The molecule has 0 saturated heterocycles. The molecule has 0 saturated carbocycles. The molecule has 0 aliphatic carbocycles. The Balaban J connectivity index is 2.04. The summed E-state index contributed by atoms with van der Waals surface area (Å²) in [5.74, 6) is 0.580. The van der Waals surface area contributed by atoms with E-state index in [2.05, 4.69) is 4.99 Å². The standard InChI is InChI=1S/C21H24N2O3S/c1-4-25-13-12-23-18-11-10-17(26-5-2)14-19(18)27-21(23)22-20(24)16-8-6-15(3)7-9-16/h6-11,14H,4-5,12-13H2,1-3H3. The molecule has 1 aromatic heterocycles. The predicted molar refractivity (Wildman–Crippen MR) is 109 cm³/mol. The van der Waals surface area contributed by atoms with Crippen LogP contribution in [0.15, 0.2) is 47.5 Å². The Labute approximate surface area is 162 Å². The molecule has 0 aliphatic rings. The Morgan fingerprint density at radius 3 is 2.59 bits per heavy atom. The SMILES string of the molecule is CCOCCn1c(=NC(=O)c2ccc(C)cc2)sc2cc(OCC)ccc21. The van der Waals surface area contributed by atoms with E-state index in [9.17, 15) is 4.79 Å². The fourth-order valence-corrected chi connectivity index (χ4v) is 3.84. The number of carbonyl (C=O) groups excluding carboxylic acids is 1. The summed E-state index contributed by atoms with van der Waals surface area (Å²) < 4.78 is 14.2. The fraction of sp³-hybridized carbons (Fsp3) is 0.333. The first kappa shape index (κ1) is 19.3. The summed E-state index contributed by atoms with van der Waals surface area (Å²) in [6.07, 6.45) is 0. The lowest BCUT2D eigenvalue weighted by atomic mass is 10.1. The van der Waals surface area contributed by atoms with Gasteiger partial charge in [-0.15, -0.1) is 0 Å². The van der Waals surface area contributed by atoms with Crippen molar-refractivity contribution in [1.82, 2.24) is 4.57 Å². The van der Waals surface area contributed by atoms with E-state index in [1.807, 2.05) is 67.8 Å². The molecular formula is C21H24N2O3S. The predicted octanol–water partition coefficient (Wildman–Crippen LogP) is 4.19. The van der Waals surface area contributed by atoms with Crippen LogP contribution in [0.3, 0.4) is 0 Å². The normalized spacial score (nSPS) is 11.9. The maximum Gasteiger partial charge on any atom is 0.279 e. The highest BCUT2D eigenvalue weighted by atomic mass is 32.1. The molecule has 0 aliphatic heterocycles. The number of benzene rings is 2. The zero-order valence-corrected chi connectivity index (χ0v) is 16.7. The van der Waals surface area contributed by atoms with Crippen LogP contribution in [0.2, 0.25) is 0 Å². The number of rotatable bonds is 7. The molecular weight excluding hydrogens is 360 g/mol. The highest BCUT2D eigenvalue weighted by Gasteiger charge is 2.10. The first-order chi connectivity index (χ1) is 13.1. The highest BCUT2D eigenvalue weighted by molar-refractivity contribution is 7.16. The van der Waals surface area contributed by atoms with Gasteiger partial charge in [0.15, 0.2) is 4.80 Å². The van der Waals surface area contributed by atoms with Gasteiger partial charge >= 0.3 is 0 Å². The van der Waals surface area contributed by atoms with Crippen LogP contribution in [0.5, 0.6) is 5.75 Å². The smallest absolute Gasteiger partial charge is 0.279 e. The van der Waals surface area contributed by atoms with E-state index >= 15 is 0 Å². The van der Waals surface area contributed by atoms with E-state index in [0.717, 1.165) is 21.5 Å². The molecule has 5 nitrogen and oxygen atoms in total. The minimum atomic E-state index is -0.239. The van der Waals surface area contributed by atoms with Crippen LogP contribution in [0, 0.1) is 6.92 Å². The third-order valence-corrected chi connectivity index (χ3v) is 5.17. The fourth-order valence-electron chi connectivity index (χ4n) is 2.76. The average molecular weight is 385 g/mol. The van der Waals surface area contributed by atoms with Gasteiger partial charge in [-0.2, -0.15) is 4.99 Å². The van der Waals surface area contributed by atoms with Gasteiger partial charge in [0.05, 0.1) is 23.4 Å². The minimum absolute atomic E-state index is 0.239. The lowest BCUT2D eigenvalue weighted by Crippen LogP contribution is -2.19. The quantitative estimate of drug-likeness (QED) is 0.574. The summed E-state index contributed by atoms with van der Waals surface area (Å²) in [5, 5.41) is 0. The lowest BCUT2D eigenvalue weighted by molar-refractivity contribution is 0.0996. The van der Waals surface area contributed by atoms with E-state index in [4.69, 9.17) is 9.47 Å². The van der Waals surface area contributed by atoms with Gasteiger partial charge in [-0.3, -0.25) is 4.79 Å². The highest BCUT2D eigenvalue weighted by Crippen LogP contribution is 2.23. The summed E-state index contributed by atoms with van der Waals surface area (Å²) in [4.78, 5) is 17.7. The third kappa shape index (κ3) is 4.64. The average Bonchev–Trinajstić information content (AvgIpc) is 2.99. The van der Waals surface area contributed by atoms with Crippen molar-refractivity contribution in [3.63, 3.8) is 0 Å². The molecule has 1 heterocycles. The number of amides is 1. The monoisotopic (exact) mass is 384 g/mol. The lowest BCUT2D eigenvalue weighted by Gasteiger charge is -2.06. The molecule has 0 atom stereocenters. The number of fused-ring (bicyclic) bond motifs is 1. The Bertz CT molecular complexity index is 987. The molecule has 3 aromatic rings. The summed E-state index contributed by atoms with van der Waals surface area (Å²) in [5.41, 5.74) is 2.73. The molecule has 0 unspecified atom stereocenters. The van der Waals surface area contributed by atoms with Gasteiger partial charge in [-0.25, -0.2) is 0 Å². The number of carbonyl (C=O) groups is 1. The molecule has 0 radical (unpaired) electrons. The second kappa shape index (κ2) is 8.97. The molecule has 2 aromatic carbocycles. The number of aromatic nitrogens is 1. The summed E-state index contributed by atoms with van der Waals surface area (Å²) in [7, 11) is 0. The van der Waals surface area contributed by atoms with Crippen LogP contribution in [0.4, 0.5) is 0 Å². The van der Waals surface area contributed by atoms with Crippen molar-refractivity contribution < 1.29 is 14.3 Å². The first-order valence-electron chi connectivity index (χ1n) is 9.12. The van der Waals surface area contributed by atoms with Crippen LogP contribution >= 0.6 is 11.3 Å². The van der Waals surface area contributed by atoms with Crippen molar-refractivity contribution in [2.24, 2.45) is 4.99 Å². The molecule has 0 N–H and O–H groups in total. The van der Waals surface area contributed by atoms with Gasteiger partial charge < -0.3 is 14.0 Å². The molecule has 1 amide bonds. The number of hydrogen-bond acceptors (Lipinski definition) is 4. The van der Waals surface area contributed by atoms with Gasteiger partial charge in [0.25, 0.3) is 5.91 Å². The second-order valence-electron chi connectivity index (χ2n) is 6.08. The molecule has 0 fully saturated rings. The summed E-state index contributed by atoms with van der Waals surface area (Å²) >= 11 is 1.49. The zero-order valence-electron chi connectivity index (χ0n) is 15.9. The van der Waals surface area contributed by atoms with Crippen molar-refractivity contribution in [2.45, 2.75) is 27.3 Å². The van der Waals surface area contributed by atoms with E-state index < -0.39 is 0 Å². The zero-order chi connectivity index (χ0) is 19.2. The van der Waals surface area contributed by atoms with Gasteiger partial charge in [0, 0.05) is 18.7 Å². The Morgan fingerprint density at radius 1 is 1.11 bits per heavy atom. The number of thiazole rings is 1. The molecule has 3 rings (SSSR count). The van der Waals surface area contributed by atoms with Crippen molar-refractivity contribution >= 4 is 27.5 Å². The van der Waals surface area contributed by atoms with Crippen LogP contribution in [0.1, 0.15) is 29.8 Å². The van der Waals surface area contributed by atoms with E-state index in [1.54, 1.807) is 0 Å². The number of hydrogen-bond donors (Lipinski definition) is 0. The number of nitrogens with zero attached hydrogens (tertiary/aromatic N) is 2. The Hall–Kier alpha value is -2.44. The maximum absolute atomic E-state index is 12.6. The second-order valence-corrected chi connectivity index (χ2v) is 7.09. The molecule has 142 valence electrons. The van der Waals surface area contributed by atoms with Crippen LogP contribution in [-0.2, 0) is 11.3 Å². The molecule has 27 heavy (non-hydrogen) atoms. The minimum Gasteiger partial charge on any atom is -0.494 e. The molecule has 6 heteroatoms. The van der Waals surface area contributed by atoms with Gasteiger partial charge in [-0.05, 0) is 51.1 Å². The Kier molecular flexibility index (Phi) is 6.42. The van der Waals surface area contributed by atoms with E-state index in [1.165, 1.54) is 11.3 Å². The van der Waals surface area contributed by atoms with Crippen LogP contribution in [0.25, 0.3) is 10.2 Å². The first-order valence-corrected chi connectivity index (χ1v) is 9.93. The van der Waals surface area contributed by atoms with Crippen molar-refractivity contribution in [3.05, 3.63) is 58.4 Å². The molecule has 0 spiro atoms. The van der Waals surface area contributed by atoms with Gasteiger partial charge in [0.1, 0.15) is 5.75 Å². The number of ether oxygens (including phenoxy) is 2. The summed E-state index contributed by atoms with van der Waals surface area (Å²) in [6, 6.07) is 13.4. The van der Waals surface area contributed by atoms with Gasteiger partial charge in [0.2, 0.25) is 0 Å². The van der Waals surface area contributed by atoms with Crippen LogP contribution < -0.4 is 9.54 Å². The largest absolute Gasteiger partial charge is 0.494 e. The van der Waals surface area contributed by atoms with Crippen molar-refractivity contribution in [3.8, 4) is 5.75 Å². The van der Waals surface area contributed by atoms with E-state index in [-0.39, 0.29) is 5.91 Å². The van der Waals surface area contributed by atoms with Crippen LogP contribution in [-0.4, -0.2) is 30.3 Å². The van der Waals surface area contributed by atoms with E-state index in [0.29, 0.717) is 36.7 Å². The Morgan fingerprint density at radius 2 is 1.89 bits per heavy atom. The number of aryl methyl sites for hydroxylation is 1. The third-order valence-electron chi connectivity index (χ3n) is 4.12. The molecule has 0 bridgehead atoms.